The Morgan fingerprint density at radius 1 is 1.39 bits per heavy atom. The van der Waals surface area contributed by atoms with Gasteiger partial charge in [0.1, 0.15) is 11.6 Å². The summed E-state index contributed by atoms with van der Waals surface area (Å²) in [5.41, 5.74) is 4.17. The van der Waals surface area contributed by atoms with Gasteiger partial charge in [-0.25, -0.2) is 8.78 Å². The van der Waals surface area contributed by atoms with Gasteiger partial charge in [-0.2, -0.15) is 0 Å². The number of nitrogens with two attached hydrogens (primary N) is 1. The zero-order valence-corrected chi connectivity index (χ0v) is 11.1. The van der Waals surface area contributed by atoms with E-state index in [-0.39, 0.29) is 5.69 Å². The summed E-state index contributed by atoms with van der Waals surface area (Å²) in [4.78, 5) is 21.9. The second-order valence-corrected chi connectivity index (χ2v) is 4.65. The predicted molar refractivity (Wildman–Crippen MR) is 66.5 cm³/mol. The summed E-state index contributed by atoms with van der Waals surface area (Å²) in [5.74, 6) is -3.56. The molecule has 0 radical (unpaired) electrons. The third-order valence-electron chi connectivity index (χ3n) is 2.22. The molecule has 1 aromatic carbocycles. The number of nitrogens with one attached hydrogen (secondary N) is 1. The highest BCUT2D eigenvalue weighted by atomic mass is 79.9. The van der Waals surface area contributed by atoms with Gasteiger partial charge in [-0.3, -0.25) is 9.59 Å². The molecule has 7 heteroatoms. The van der Waals surface area contributed by atoms with Gasteiger partial charge >= 0.3 is 0 Å². The Hall–Kier alpha value is -1.50. The molecule has 3 N–H and O–H groups in total. The average molecular weight is 321 g/mol. The lowest BCUT2D eigenvalue weighted by atomic mass is 10.1. The molecule has 4 nitrogen and oxygen atoms in total. The van der Waals surface area contributed by atoms with Crippen molar-refractivity contribution in [2.45, 2.75) is 18.2 Å². The number of amides is 2. The van der Waals surface area contributed by atoms with Crippen LogP contribution in [0.3, 0.4) is 0 Å². The van der Waals surface area contributed by atoms with Crippen LogP contribution in [0.1, 0.15) is 23.7 Å². The maximum atomic E-state index is 13.4. The number of anilines is 1. The third-order valence-corrected chi connectivity index (χ3v) is 3.29. The minimum absolute atomic E-state index is 0.284. The van der Waals surface area contributed by atoms with Crippen LogP contribution in [0.4, 0.5) is 14.5 Å². The number of halogens is 3. The molecule has 0 saturated heterocycles. The first kappa shape index (κ1) is 14.6. The Morgan fingerprint density at radius 3 is 2.50 bits per heavy atom. The number of carbonyl (C=O) groups excluding carboxylic acids is 2. The van der Waals surface area contributed by atoms with Crippen molar-refractivity contribution >= 4 is 33.4 Å². The van der Waals surface area contributed by atoms with Crippen molar-refractivity contribution in [3.8, 4) is 0 Å². The van der Waals surface area contributed by atoms with Crippen LogP contribution in [0.15, 0.2) is 12.1 Å². The summed E-state index contributed by atoms with van der Waals surface area (Å²) < 4.78 is 26.6. The van der Waals surface area contributed by atoms with Crippen LogP contribution in [0.5, 0.6) is 0 Å². The summed E-state index contributed by atoms with van der Waals surface area (Å²) in [6, 6.07) is 1.38. The minimum Gasteiger partial charge on any atom is -0.366 e. The van der Waals surface area contributed by atoms with Crippen molar-refractivity contribution in [3.63, 3.8) is 0 Å². The lowest BCUT2D eigenvalue weighted by Crippen LogP contribution is -2.23. The molecular weight excluding hydrogens is 310 g/mol. The molecule has 0 bridgehead atoms. The van der Waals surface area contributed by atoms with E-state index in [1.165, 1.54) is 0 Å². The van der Waals surface area contributed by atoms with Gasteiger partial charge in [0.05, 0.1) is 16.1 Å². The van der Waals surface area contributed by atoms with Crippen LogP contribution >= 0.6 is 15.9 Å². The standard InChI is InChI=1S/C11H11BrF2N2O2/c1-2-6(12)11(18)16-9-3-5(10(15)17)7(13)4-8(9)14/h3-4,6H,2H2,1H3,(H2,15,17)(H,16,18). The van der Waals surface area contributed by atoms with Crippen LogP contribution in [0.2, 0.25) is 0 Å². The summed E-state index contributed by atoms with van der Waals surface area (Å²) in [6.07, 6.45) is 0.497. The molecule has 18 heavy (non-hydrogen) atoms. The fraction of sp³-hybridized carbons (Fsp3) is 0.273. The smallest absolute Gasteiger partial charge is 0.251 e. The van der Waals surface area contributed by atoms with Gasteiger partial charge in [0, 0.05) is 6.07 Å². The first-order chi connectivity index (χ1) is 8.36. The molecule has 0 fully saturated rings. The summed E-state index contributed by atoms with van der Waals surface area (Å²) in [5, 5.41) is 2.25. The maximum Gasteiger partial charge on any atom is 0.251 e. The Morgan fingerprint density at radius 2 is 2.00 bits per heavy atom. The Kier molecular flexibility index (Phi) is 4.77. The molecule has 0 aliphatic carbocycles. The highest BCUT2D eigenvalue weighted by Gasteiger charge is 2.18. The van der Waals surface area contributed by atoms with Gasteiger partial charge in [0.2, 0.25) is 5.91 Å². The molecule has 0 aliphatic heterocycles. The van der Waals surface area contributed by atoms with Crippen molar-refractivity contribution in [3.05, 3.63) is 29.3 Å². The van der Waals surface area contributed by atoms with Gasteiger partial charge < -0.3 is 11.1 Å². The van der Waals surface area contributed by atoms with Crippen molar-refractivity contribution in [1.82, 2.24) is 0 Å². The van der Waals surface area contributed by atoms with Crippen molar-refractivity contribution in [1.29, 1.82) is 0 Å². The molecule has 0 aliphatic rings. The zero-order chi connectivity index (χ0) is 13.9. The molecule has 2 amide bonds. The van der Waals surface area contributed by atoms with E-state index in [0.29, 0.717) is 12.5 Å². The number of benzene rings is 1. The van der Waals surface area contributed by atoms with E-state index in [1.54, 1.807) is 6.92 Å². The molecule has 0 spiro atoms. The second kappa shape index (κ2) is 5.90. The average Bonchev–Trinajstić information content (AvgIpc) is 2.30. The fourth-order valence-electron chi connectivity index (χ4n) is 1.23. The lowest BCUT2D eigenvalue weighted by Gasteiger charge is -2.10. The van der Waals surface area contributed by atoms with Crippen LogP contribution in [-0.2, 0) is 4.79 Å². The zero-order valence-electron chi connectivity index (χ0n) is 9.47. The normalized spacial score (nSPS) is 12.0. The van der Waals surface area contributed by atoms with Crippen LogP contribution in [-0.4, -0.2) is 16.6 Å². The first-order valence-electron chi connectivity index (χ1n) is 5.10. The van der Waals surface area contributed by atoms with Gasteiger partial charge in [-0.15, -0.1) is 0 Å². The molecule has 0 aromatic heterocycles. The van der Waals surface area contributed by atoms with Crippen LogP contribution in [0, 0.1) is 11.6 Å². The topological polar surface area (TPSA) is 72.2 Å². The Balaban J connectivity index is 3.06. The van der Waals surface area contributed by atoms with Crippen molar-refractivity contribution in [2.75, 3.05) is 5.32 Å². The van der Waals surface area contributed by atoms with Gasteiger partial charge in [0.25, 0.3) is 5.91 Å². The summed E-state index contributed by atoms with van der Waals surface area (Å²) >= 11 is 3.09. The third kappa shape index (κ3) is 3.25. The van der Waals surface area contributed by atoms with E-state index < -0.39 is 33.8 Å². The number of rotatable bonds is 4. The van der Waals surface area contributed by atoms with Gasteiger partial charge in [-0.1, -0.05) is 22.9 Å². The second-order valence-electron chi connectivity index (χ2n) is 3.54. The highest BCUT2D eigenvalue weighted by Crippen LogP contribution is 2.20. The quantitative estimate of drug-likeness (QED) is 0.834. The monoisotopic (exact) mass is 320 g/mol. The molecule has 1 atom stereocenters. The highest BCUT2D eigenvalue weighted by molar-refractivity contribution is 9.10. The summed E-state index contributed by atoms with van der Waals surface area (Å²) in [7, 11) is 0. The van der Waals surface area contributed by atoms with E-state index in [2.05, 4.69) is 21.2 Å². The SMILES string of the molecule is CCC(Br)C(=O)Nc1cc(C(N)=O)c(F)cc1F. The van der Waals surface area contributed by atoms with Gasteiger partial charge in [-0.05, 0) is 12.5 Å². The number of primary amides is 1. The number of carbonyl (C=O) groups is 2. The first-order valence-corrected chi connectivity index (χ1v) is 6.02. The summed E-state index contributed by atoms with van der Waals surface area (Å²) in [6.45, 7) is 1.76. The number of hydrogen-bond donors (Lipinski definition) is 2. The molecule has 1 rings (SSSR count). The molecule has 0 saturated carbocycles. The predicted octanol–water partition coefficient (Wildman–Crippen LogP) is 2.18. The molecule has 1 aromatic rings. The number of hydrogen-bond acceptors (Lipinski definition) is 2. The van der Waals surface area contributed by atoms with Crippen LogP contribution < -0.4 is 11.1 Å². The van der Waals surface area contributed by atoms with Gasteiger partial charge in [0.15, 0.2) is 0 Å². The van der Waals surface area contributed by atoms with E-state index >= 15 is 0 Å². The van der Waals surface area contributed by atoms with Crippen molar-refractivity contribution < 1.29 is 18.4 Å². The van der Waals surface area contributed by atoms with E-state index in [1.807, 2.05) is 0 Å². The molecular formula is C11H11BrF2N2O2. The molecule has 0 heterocycles. The lowest BCUT2D eigenvalue weighted by molar-refractivity contribution is -0.115. The van der Waals surface area contributed by atoms with Crippen LogP contribution in [0.25, 0.3) is 0 Å². The van der Waals surface area contributed by atoms with E-state index in [0.717, 1.165) is 6.07 Å². The fourth-order valence-corrected chi connectivity index (χ4v) is 1.34. The largest absolute Gasteiger partial charge is 0.366 e. The number of alkyl halides is 1. The van der Waals surface area contributed by atoms with Crippen molar-refractivity contribution in [2.24, 2.45) is 5.73 Å². The molecule has 1 unspecified atom stereocenters. The maximum absolute atomic E-state index is 13.4. The molecule has 98 valence electrons. The minimum atomic E-state index is -1.07. The Bertz CT molecular complexity index is 494. The Labute approximate surface area is 111 Å². The van der Waals surface area contributed by atoms with E-state index in [4.69, 9.17) is 5.73 Å². The van der Waals surface area contributed by atoms with E-state index in [9.17, 15) is 18.4 Å².